The number of hydrogen-bond donors (Lipinski definition) is 1. The third kappa shape index (κ3) is 3.13. The second kappa shape index (κ2) is 9.05. The number of allylic oxidation sites excluding steroid dienone is 10. The van der Waals surface area contributed by atoms with Gasteiger partial charge in [-0.05, 0) is 68.3 Å². The van der Waals surface area contributed by atoms with E-state index in [2.05, 4.69) is 139 Å². The standard InChI is InChI=1S/C37H23N.2BrH/c1-3-11-25-23(9-1)21-33-27(25)16-8-20-37(33)32(19-18-28-26-12-4-2-10-24(26)22-34(28)37)31-15-7-14-30-29-13-5-6-17-35(29)38-36(30)31;;/h1-22,38H;2*1H. The Morgan fingerprint density at radius 3 is 1.85 bits per heavy atom. The van der Waals surface area contributed by atoms with Gasteiger partial charge in [0.1, 0.15) is 0 Å². The summed E-state index contributed by atoms with van der Waals surface area (Å²) >= 11 is 0. The first-order valence-corrected chi connectivity index (χ1v) is 13.3. The minimum absolute atomic E-state index is 0. The summed E-state index contributed by atoms with van der Waals surface area (Å²) in [5.74, 6) is 0. The minimum Gasteiger partial charge on any atom is -0.354 e. The van der Waals surface area contributed by atoms with Crippen LogP contribution >= 0.6 is 34.0 Å². The van der Waals surface area contributed by atoms with Gasteiger partial charge in [0.15, 0.2) is 0 Å². The molecule has 4 aliphatic carbocycles. The van der Waals surface area contributed by atoms with E-state index in [1.54, 1.807) is 0 Å². The number of hydrogen-bond acceptors (Lipinski definition) is 0. The largest absolute Gasteiger partial charge is 0.354 e. The van der Waals surface area contributed by atoms with Crippen molar-refractivity contribution < 1.29 is 0 Å². The molecule has 40 heavy (non-hydrogen) atoms. The number of aromatic amines is 1. The van der Waals surface area contributed by atoms with E-state index in [1.807, 2.05) is 0 Å². The summed E-state index contributed by atoms with van der Waals surface area (Å²) < 4.78 is 0. The van der Waals surface area contributed by atoms with Crippen LogP contribution in [0.4, 0.5) is 0 Å². The van der Waals surface area contributed by atoms with E-state index in [-0.39, 0.29) is 34.0 Å². The van der Waals surface area contributed by atoms with Gasteiger partial charge in [0.05, 0.1) is 10.9 Å². The molecule has 1 heterocycles. The maximum Gasteiger partial charge on any atom is 0.0654 e. The zero-order valence-electron chi connectivity index (χ0n) is 21.5. The molecule has 192 valence electrons. The minimum atomic E-state index is -0.391. The molecule has 3 heteroatoms. The molecule has 0 radical (unpaired) electrons. The molecule has 1 atom stereocenters. The van der Waals surface area contributed by atoms with Crippen molar-refractivity contribution in [3.63, 3.8) is 0 Å². The van der Waals surface area contributed by atoms with Crippen molar-refractivity contribution in [1.29, 1.82) is 0 Å². The van der Waals surface area contributed by atoms with E-state index in [4.69, 9.17) is 0 Å². The Morgan fingerprint density at radius 2 is 1.10 bits per heavy atom. The van der Waals surface area contributed by atoms with Gasteiger partial charge in [-0.2, -0.15) is 0 Å². The van der Waals surface area contributed by atoms with Gasteiger partial charge in [0, 0.05) is 21.9 Å². The number of rotatable bonds is 1. The van der Waals surface area contributed by atoms with Gasteiger partial charge in [-0.3, -0.25) is 0 Å². The lowest BCUT2D eigenvalue weighted by Gasteiger charge is -2.42. The van der Waals surface area contributed by atoms with Gasteiger partial charge < -0.3 is 4.98 Å². The van der Waals surface area contributed by atoms with Crippen LogP contribution in [-0.4, -0.2) is 4.98 Å². The fourth-order valence-corrected chi connectivity index (χ4v) is 7.20. The highest BCUT2D eigenvalue weighted by molar-refractivity contribution is 8.93. The molecule has 0 saturated carbocycles. The number of nitrogens with one attached hydrogen (secondary N) is 1. The Kier molecular flexibility index (Phi) is 5.68. The van der Waals surface area contributed by atoms with Crippen molar-refractivity contribution >= 4 is 84.6 Å². The molecular formula is C37H25Br2N. The van der Waals surface area contributed by atoms with Crippen molar-refractivity contribution in [2.45, 2.75) is 0 Å². The van der Waals surface area contributed by atoms with Crippen molar-refractivity contribution in [2.75, 3.05) is 0 Å². The Labute approximate surface area is 254 Å². The van der Waals surface area contributed by atoms with E-state index in [0.29, 0.717) is 0 Å². The number of benzene rings is 4. The third-order valence-electron chi connectivity index (χ3n) is 8.81. The van der Waals surface area contributed by atoms with Crippen LogP contribution in [0.15, 0.2) is 133 Å². The number of halogens is 2. The molecule has 4 aromatic carbocycles. The number of H-pyrrole nitrogens is 1. The monoisotopic (exact) mass is 641 g/mol. The highest BCUT2D eigenvalue weighted by Crippen LogP contribution is 2.63. The van der Waals surface area contributed by atoms with Gasteiger partial charge >= 0.3 is 0 Å². The molecular weight excluding hydrogens is 618 g/mol. The second-order valence-electron chi connectivity index (χ2n) is 10.6. The predicted molar refractivity (Wildman–Crippen MR) is 181 cm³/mol. The summed E-state index contributed by atoms with van der Waals surface area (Å²) in [5, 5.41) is 2.54. The topological polar surface area (TPSA) is 15.8 Å². The van der Waals surface area contributed by atoms with Crippen LogP contribution in [0.25, 0.3) is 50.7 Å². The first-order valence-electron chi connectivity index (χ1n) is 13.3. The summed E-state index contributed by atoms with van der Waals surface area (Å²) in [6, 6.07) is 33.0. The van der Waals surface area contributed by atoms with E-state index < -0.39 is 5.41 Å². The molecule has 1 aromatic heterocycles. The Balaban J connectivity index is 0.00000132. The lowest BCUT2D eigenvalue weighted by atomic mass is 9.60. The van der Waals surface area contributed by atoms with Crippen LogP contribution in [0.1, 0.15) is 27.8 Å². The maximum absolute atomic E-state index is 3.78. The summed E-state index contributed by atoms with van der Waals surface area (Å²) in [4.78, 5) is 3.78. The number of aromatic nitrogens is 1. The van der Waals surface area contributed by atoms with Crippen LogP contribution in [0.5, 0.6) is 0 Å². The van der Waals surface area contributed by atoms with Gasteiger partial charge in [0.2, 0.25) is 0 Å². The fourth-order valence-electron chi connectivity index (χ4n) is 7.20. The molecule has 1 unspecified atom stereocenters. The Hall–Kier alpha value is -3.92. The van der Waals surface area contributed by atoms with E-state index in [0.717, 1.165) is 0 Å². The van der Waals surface area contributed by atoms with Crippen LogP contribution in [0.2, 0.25) is 0 Å². The molecule has 4 aliphatic rings. The van der Waals surface area contributed by atoms with Gasteiger partial charge in [-0.1, -0.05) is 115 Å². The van der Waals surface area contributed by atoms with Crippen LogP contribution in [0, 0.1) is 5.41 Å². The zero-order valence-corrected chi connectivity index (χ0v) is 24.9. The van der Waals surface area contributed by atoms with Crippen molar-refractivity contribution in [2.24, 2.45) is 5.41 Å². The lowest BCUT2D eigenvalue weighted by Crippen LogP contribution is -2.28. The summed E-state index contributed by atoms with van der Waals surface area (Å²) in [6.07, 6.45) is 16.6. The Bertz CT molecular complexity index is 2050. The van der Waals surface area contributed by atoms with Crippen molar-refractivity contribution in [1.82, 2.24) is 4.98 Å². The average Bonchev–Trinajstić information content (AvgIpc) is 3.66. The average molecular weight is 643 g/mol. The molecule has 0 bridgehead atoms. The predicted octanol–water partition coefficient (Wildman–Crippen LogP) is 10.4. The normalized spacial score (nSPS) is 19.4. The van der Waals surface area contributed by atoms with Crippen molar-refractivity contribution in [3.05, 3.63) is 160 Å². The molecule has 0 amide bonds. The van der Waals surface area contributed by atoms with E-state index in [1.165, 1.54) is 77.5 Å². The molecule has 0 fully saturated rings. The van der Waals surface area contributed by atoms with E-state index >= 15 is 0 Å². The summed E-state index contributed by atoms with van der Waals surface area (Å²) in [5.41, 5.74) is 15.2. The molecule has 9 rings (SSSR count). The molecule has 0 aliphatic heterocycles. The van der Waals surface area contributed by atoms with Gasteiger partial charge in [0.25, 0.3) is 0 Å². The lowest BCUT2D eigenvalue weighted by molar-refractivity contribution is 0.779. The van der Waals surface area contributed by atoms with Gasteiger partial charge in [-0.25, -0.2) is 0 Å². The first kappa shape index (κ1) is 25.1. The highest BCUT2D eigenvalue weighted by atomic mass is 79.9. The third-order valence-corrected chi connectivity index (χ3v) is 8.81. The number of para-hydroxylation sites is 2. The molecule has 1 spiro atoms. The quantitative estimate of drug-likeness (QED) is 0.187. The van der Waals surface area contributed by atoms with Crippen molar-refractivity contribution in [3.8, 4) is 0 Å². The summed E-state index contributed by atoms with van der Waals surface area (Å²) in [7, 11) is 0. The highest BCUT2D eigenvalue weighted by Gasteiger charge is 2.48. The number of fused-ring (bicyclic) bond motifs is 11. The SMILES string of the molecule is Br.Br.C1=CC2(C3=Cc4ccccc4C3=C1)C1=Cc3ccccc3C1=CC=C2c1cccc2c1[nH]c1ccccc12. The first-order chi connectivity index (χ1) is 18.8. The van der Waals surface area contributed by atoms with Crippen LogP contribution in [-0.2, 0) is 0 Å². The maximum atomic E-state index is 3.78. The summed E-state index contributed by atoms with van der Waals surface area (Å²) in [6.45, 7) is 0. The van der Waals surface area contributed by atoms with Gasteiger partial charge in [-0.15, -0.1) is 34.0 Å². The zero-order chi connectivity index (χ0) is 24.8. The fraction of sp³-hybridized carbons (Fsp3) is 0.0270. The molecule has 5 aromatic rings. The molecule has 1 nitrogen and oxygen atoms in total. The smallest absolute Gasteiger partial charge is 0.0654 e. The van der Waals surface area contributed by atoms with E-state index in [9.17, 15) is 0 Å². The van der Waals surface area contributed by atoms with Crippen LogP contribution in [0.3, 0.4) is 0 Å². The Morgan fingerprint density at radius 1 is 0.500 bits per heavy atom. The molecule has 0 saturated heterocycles. The van der Waals surface area contributed by atoms with Crippen LogP contribution < -0.4 is 0 Å². The second-order valence-corrected chi connectivity index (χ2v) is 10.6. The molecule has 1 N–H and O–H groups in total.